The summed E-state index contributed by atoms with van der Waals surface area (Å²) in [6.45, 7) is 5.66. The Kier molecular flexibility index (Phi) is 6.79. The second kappa shape index (κ2) is 8.37. The zero-order valence-electron chi connectivity index (χ0n) is 11.9. The predicted molar refractivity (Wildman–Crippen MR) is 76.4 cm³/mol. The van der Waals surface area contributed by atoms with Crippen LogP contribution >= 0.6 is 0 Å². The molecule has 0 aliphatic rings. The second-order valence-corrected chi connectivity index (χ2v) is 4.12. The largest absolute Gasteiger partial charge is 0.462 e. The van der Waals surface area contributed by atoms with Gasteiger partial charge in [-0.2, -0.15) is 0 Å². The number of hydrogen-bond acceptors (Lipinski definition) is 5. The van der Waals surface area contributed by atoms with Crippen molar-refractivity contribution < 1.29 is 18.7 Å². The van der Waals surface area contributed by atoms with Gasteiger partial charge in [-0.1, -0.05) is 0 Å². The minimum atomic E-state index is -0.553. The van der Waals surface area contributed by atoms with Gasteiger partial charge in [0.2, 0.25) is 0 Å². The van der Waals surface area contributed by atoms with Crippen LogP contribution in [0.4, 0.5) is 15.8 Å². The minimum Gasteiger partial charge on any atom is -0.462 e. The molecule has 1 aromatic rings. The smallest absolute Gasteiger partial charge is 0.340 e. The molecule has 0 radical (unpaired) electrons. The first-order chi connectivity index (χ1) is 9.60. The quantitative estimate of drug-likeness (QED) is 0.436. The van der Waals surface area contributed by atoms with E-state index < -0.39 is 11.8 Å². The molecule has 112 valence electrons. The van der Waals surface area contributed by atoms with E-state index in [2.05, 4.69) is 5.32 Å². The highest BCUT2D eigenvalue weighted by molar-refractivity contribution is 5.96. The fraction of sp³-hybridized carbons (Fsp3) is 0.500. The number of esters is 1. The van der Waals surface area contributed by atoms with Gasteiger partial charge in [0.05, 0.1) is 17.9 Å². The first-order valence-corrected chi connectivity index (χ1v) is 6.67. The molecule has 5 nitrogen and oxygen atoms in total. The van der Waals surface area contributed by atoms with Crippen LogP contribution in [0.1, 0.15) is 30.6 Å². The molecule has 0 aromatic heterocycles. The number of rotatable bonds is 8. The normalized spacial score (nSPS) is 10.3. The lowest BCUT2D eigenvalue weighted by Gasteiger charge is -2.11. The second-order valence-electron chi connectivity index (χ2n) is 4.12. The zero-order valence-corrected chi connectivity index (χ0v) is 11.9. The van der Waals surface area contributed by atoms with Crippen LogP contribution in [0.5, 0.6) is 0 Å². The molecule has 0 amide bonds. The number of anilines is 2. The lowest BCUT2D eigenvalue weighted by Crippen LogP contribution is -2.12. The maximum absolute atomic E-state index is 13.7. The van der Waals surface area contributed by atoms with Gasteiger partial charge in [0.1, 0.15) is 5.82 Å². The predicted octanol–water partition coefficient (Wildman–Crippen LogP) is 2.42. The Morgan fingerprint density at radius 1 is 1.35 bits per heavy atom. The molecular formula is C14H21FN2O3. The molecule has 0 aliphatic carbocycles. The number of nitrogens with one attached hydrogen (secondary N) is 1. The third-order valence-electron chi connectivity index (χ3n) is 2.62. The number of carbonyl (C=O) groups is 1. The molecule has 0 saturated heterocycles. The Labute approximate surface area is 118 Å². The summed E-state index contributed by atoms with van der Waals surface area (Å²) in [4.78, 5) is 11.7. The van der Waals surface area contributed by atoms with Crippen LogP contribution in [0.15, 0.2) is 12.1 Å². The van der Waals surface area contributed by atoms with Gasteiger partial charge >= 0.3 is 5.97 Å². The van der Waals surface area contributed by atoms with E-state index >= 15 is 0 Å². The van der Waals surface area contributed by atoms with Gasteiger partial charge in [-0.25, -0.2) is 9.18 Å². The van der Waals surface area contributed by atoms with E-state index in [1.165, 1.54) is 6.07 Å². The van der Waals surface area contributed by atoms with Crippen molar-refractivity contribution in [2.45, 2.75) is 20.3 Å². The first kappa shape index (κ1) is 16.2. The Balaban J connectivity index is 2.70. The average Bonchev–Trinajstić information content (AvgIpc) is 2.40. The van der Waals surface area contributed by atoms with E-state index in [1.54, 1.807) is 6.92 Å². The molecule has 1 aromatic carbocycles. The summed E-state index contributed by atoms with van der Waals surface area (Å²) in [5, 5.41) is 2.92. The van der Waals surface area contributed by atoms with Crippen molar-refractivity contribution in [3.05, 3.63) is 23.5 Å². The molecule has 0 aliphatic heterocycles. The van der Waals surface area contributed by atoms with E-state index in [0.717, 1.165) is 12.5 Å². The molecule has 0 spiro atoms. The van der Waals surface area contributed by atoms with Crippen LogP contribution in [-0.4, -0.2) is 32.3 Å². The van der Waals surface area contributed by atoms with Gasteiger partial charge in [-0.3, -0.25) is 0 Å². The number of benzene rings is 1. The molecule has 0 atom stereocenters. The van der Waals surface area contributed by atoms with Gasteiger partial charge in [-0.05, 0) is 32.4 Å². The summed E-state index contributed by atoms with van der Waals surface area (Å²) in [5.74, 6) is -1.05. The monoisotopic (exact) mass is 284 g/mol. The summed E-state index contributed by atoms with van der Waals surface area (Å²) >= 11 is 0. The molecule has 3 N–H and O–H groups in total. The van der Waals surface area contributed by atoms with E-state index in [0.29, 0.717) is 19.8 Å². The number of hydrogen-bond donors (Lipinski definition) is 2. The van der Waals surface area contributed by atoms with Crippen molar-refractivity contribution in [2.75, 3.05) is 37.4 Å². The van der Waals surface area contributed by atoms with E-state index in [4.69, 9.17) is 15.2 Å². The maximum Gasteiger partial charge on any atom is 0.340 e. The molecule has 1 rings (SSSR count). The SMILES string of the molecule is CCOCCCNc1cc(C(=O)OCC)c(N)cc1F. The van der Waals surface area contributed by atoms with Crippen molar-refractivity contribution in [1.82, 2.24) is 0 Å². The van der Waals surface area contributed by atoms with Crippen LogP contribution in [-0.2, 0) is 9.47 Å². The Hall–Kier alpha value is -1.82. The minimum absolute atomic E-state index is 0.0702. The zero-order chi connectivity index (χ0) is 15.0. The maximum atomic E-state index is 13.7. The van der Waals surface area contributed by atoms with Crippen LogP contribution in [0, 0.1) is 5.82 Å². The molecule has 0 unspecified atom stereocenters. The van der Waals surface area contributed by atoms with Gasteiger partial charge in [0, 0.05) is 25.4 Å². The number of nitrogen functional groups attached to an aromatic ring is 1. The van der Waals surface area contributed by atoms with Crippen molar-refractivity contribution in [3.8, 4) is 0 Å². The summed E-state index contributed by atoms with van der Waals surface area (Å²) < 4.78 is 23.8. The number of carbonyl (C=O) groups excluding carboxylic acids is 1. The van der Waals surface area contributed by atoms with E-state index in [1.807, 2.05) is 6.92 Å². The van der Waals surface area contributed by atoms with E-state index in [-0.39, 0.29) is 23.5 Å². The van der Waals surface area contributed by atoms with Crippen LogP contribution in [0.25, 0.3) is 0 Å². The third-order valence-corrected chi connectivity index (χ3v) is 2.62. The average molecular weight is 284 g/mol. The molecule has 20 heavy (non-hydrogen) atoms. The fourth-order valence-electron chi connectivity index (χ4n) is 1.65. The van der Waals surface area contributed by atoms with Crippen molar-refractivity contribution in [1.29, 1.82) is 0 Å². The number of halogens is 1. The molecule has 0 fully saturated rings. The molecule has 0 saturated carbocycles. The third kappa shape index (κ3) is 4.70. The highest BCUT2D eigenvalue weighted by Crippen LogP contribution is 2.23. The van der Waals surface area contributed by atoms with Gasteiger partial charge in [0.25, 0.3) is 0 Å². The summed E-state index contributed by atoms with van der Waals surface area (Å²) in [5.41, 5.74) is 6.10. The van der Waals surface area contributed by atoms with Crippen molar-refractivity contribution in [3.63, 3.8) is 0 Å². The lowest BCUT2D eigenvalue weighted by molar-refractivity contribution is 0.0527. The number of nitrogens with two attached hydrogens (primary N) is 1. The Morgan fingerprint density at radius 2 is 2.10 bits per heavy atom. The summed E-state index contributed by atoms with van der Waals surface area (Å²) in [7, 11) is 0. The van der Waals surface area contributed by atoms with Gasteiger partial charge in [-0.15, -0.1) is 0 Å². The fourth-order valence-corrected chi connectivity index (χ4v) is 1.65. The highest BCUT2D eigenvalue weighted by Gasteiger charge is 2.14. The Bertz CT molecular complexity index is 452. The standard InChI is InChI=1S/C14H21FN2O3/c1-3-19-7-5-6-17-13-8-10(14(18)20-4-2)12(16)9-11(13)15/h8-9,17H,3-7,16H2,1-2H3. The first-order valence-electron chi connectivity index (χ1n) is 6.67. The topological polar surface area (TPSA) is 73.6 Å². The van der Waals surface area contributed by atoms with Gasteiger partial charge in [0.15, 0.2) is 0 Å². The van der Waals surface area contributed by atoms with E-state index in [9.17, 15) is 9.18 Å². The highest BCUT2D eigenvalue weighted by atomic mass is 19.1. The number of ether oxygens (including phenoxy) is 2. The van der Waals surface area contributed by atoms with Gasteiger partial charge < -0.3 is 20.5 Å². The molecule has 0 bridgehead atoms. The summed E-state index contributed by atoms with van der Waals surface area (Å²) in [6.07, 6.45) is 0.742. The van der Waals surface area contributed by atoms with Crippen molar-refractivity contribution in [2.24, 2.45) is 0 Å². The molecular weight excluding hydrogens is 263 g/mol. The molecule has 6 heteroatoms. The molecule has 0 heterocycles. The summed E-state index contributed by atoms with van der Waals surface area (Å²) in [6, 6.07) is 2.50. The van der Waals surface area contributed by atoms with Crippen molar-refractivity contribution >= 4 is 17.3 Å². The lowest BCUT2D eigenvalue weighted by atomic mass is 10.1. The van der Waals surface area contributed by atoms with Crippen LogP contribution in [0.3, 0.4) is 0 Å². The van der Waals surface area contributed by atoms with Crippen LogP contribution in [0.2, 0.25) is 0 Å². The van der Waals surface area contributed by atoms with Crippen LogP contribution < -0.4 is 11.1 Å². The Morgan fingerprint density at radius 3 is 2.75 bits per heavy atom.